The average molecular weight is 424 g/mol. The maximum absolute atomic E-state index is 11.3. The summed E-state index contributed by atoms with van der Waals surface area (Å²) in [6.07, 6.45) is 4.94. The van der Waals surface area contributed by atoms with Crippen LogP contribution in [-0.4, -0.2) is 45.6 Å². The van der Waals surface area contributed by atoms with E-state index in [4.69, 9.17) is 10.5 Å². The third kappa shape index (κ3) is 3.84. The maximum Gasteiger partial charge on any atom is 0.237 e. The number of ether oxygens (including phenoxy) is 1. The minimum absolute atomic E-state index is 0.160. The summed E-state index contributed by atoms with van der Waals surface area (Å²) in [7, 11) is 0. The number of nitrogens with two attached hydrogens (primary N) is 1. The lowest BCUT2D eigenvalue weighted by Crippen LogP contribution is -2.39. The Bertz CT molecular complexity index is 1070. The number of rotatable bonds is 5. The van der Waals surface area contributed by atoms with Gasteiger partial charge in [-0.05, 0) is 35.6 Å². The predicted molar refractivity (Wildman–Crippen MR) is 119 cm³/mol. The highest BCUT2D eigenvalue weighted by molar-refractivity contribution is 7.98. The number of carbonyl (C=O) groups excluding carboxylic acids is 1. The van der Waals surface area contributed by atoms with Crippen molar-refractivity contribution >= 4 is 34.4 Å². The molecule has 1 amide bonds. The van der Waals surface area contributed by atoms with Crippen molar-refractivity contribution in [3.8, 4) is 5.75 Å². The smallest absolute Gasteiger partial charge is 0.237 e. The summed E-state index contributed by atoms with van der Waals surface area (Å²) in [5.74, 6) is 3.68. The van der Waals surface area contributed by atoms with Crippen molar-refractivity contribution in [2.24, 2.45) is 5.73 Å². The Kier molecular flexibility index (Phi) is 5.25. The zero-order valence-corrected chi connectivity index (χ0v) is 17.6. The first-order valence-corrected chi connectivity index (χ1v) is 11.5. The van der Waals surface area contributed by atoms with Gasteiger partial charge in [0.1, 0.15) is 18.4 Å². The van der Waals surface area contributed by atoms with Crippen LogP contribution >= 0.6 is 11.8 Å². The average Bonchev–Trinajstić information content (AvgIpc) is 3.17. The first-order valence-electron chi connectivity index (χ1n) is 10.4. The Morgan fingerprint density at radius 3 is 2.93 bits per heavy atom. The molecule has 0 spiro atoms. The molecule has 1 fully saturated rings. The number of amides is 1. The third-order valence-corrected chi connectivity index (χ3v) is 6.86. The van der Waals surface area contributed by atoms with Gasteiger partial charge in [0, 0.05) is 49.7 Å². The summed E-state index contributed by atoms with van der Waals surface area (Å²) in [6, 6.07) is 10.2. The highest BCUT2D eigenvalue weighted by Crippen LogP contribution is 2.30. The predicted octanol–water partition coefficient (Wildman–Crippen LogP) is 2.75. The van der Waals surface area contributed by atoms with E-state index in [-0.39, 0.29) is 18.6 Å². The molecule has 2 aliphatic heterocycles. The highest BCUT2D eigenvalue weighted by atomic mass is 32.2. The fourth-order valence-electron chi connectivity index (χ4n) is 4.27. The van der Waals surface area contributed by atoms with Gasteiger partial charge in [-0.3, -0.25) is 4.79 Å². The quantitative estimate of drug-likeness (QED) is 0.679. The normalized spacial score (nSPS) is 17.1. The Labute approximate surface area is 179 Å². The fraction of sp³-hybridized carbons (Fsp3) is 0.409. The number of anilines is 1. The molecule has 5 rings (SSSR count). The van der Waals surface area contributed by atoms with Crippen molar-refractivity contribution in [2.45, 2.75) is 37.7 Å². The van der Waals surface area contributed by atoms with Gasteiger partial charge in [-0.25, -0.2) is 0 Å². The number of carbonyl (C=O) groups is 1. The molecular weight excluding hydrogens is 398 g/mol. The standard InChI is InChI=1S/C22H25N5O2S/c23-21(28)13-27-10-6-17-19(27)2-1-3-20(17)29-16-4-8-26(9-5-16)22-12-15-14-30-11-7-18(15)24-25-22/h1-3,6,10,12,16H,4-5,7-9,11,13-14H2,(H2,23,28). The van der Waals surface area contributed by atoms with Crippen molar-refractivity contribution in [1.29, 1.82) is 0 Å². The molecular formula is C22H25N5O2S. The van der Waals surface area contributed by atoms with Gasteiger partial charge in [0.25, 0.3) is 0 Å². The lowest BCUT2D eigenvalue weighted by atomic mass is 10.1. The van der Waals surface area contributed by atoms with Crippen LogP contribution in [0.1, 0.15) is 24.1 Å². The van der Waals surface area contributed by atoms with Gasteiger partial charge in [-0.1, -0.05) is 6.07 Å². The minimum Gasteiger partial charge on any atom is -0.490 e. The van der Waals surface area contributed by atoms with E-state index in [0.29, 0.717) is 0 Å². The molecule has 7 nitrogen and oxygen atoms in total. The van der Waals surface area contributed by atoms with Crippen molar-refractivity contribution in [3.63, 3.8) is 0 Å². The molecule has 0 aliphatic carbocycles. The number of fused-ring (bicyclic) bond motifs is 2. The van der Waals surface area contributed by atoms with Crippen LogP contribution in [0.4, 0.5) is 5.82 Å². The lowest BCUT2D eigenvalue weighted by molar-refractivity contribution is -0.118. The third-order valence-electron chi connectivity index (χ3n) is 5.85. The van der Waals surface area contributed by atoms with Crippen LogP contribution in [-0.2, 0) is 23.5 Å². The number of aryl methyl sites for hydroxylation is 1. The molecule has 8 heteroatoms. The molecule has 0 atom stereocenters. The van der Waals surface area contributed by atoms with Crippen LogP contribution in [0.5, 0.6) is 5.75 Å². The van der Waals surface area contributed by atoms with Crippen molar-refractivity contribution < 1.29 is 9.53 Å². The highest BCUT2D eigenvalue weighted by Gasteiger charge is 2.24. The van der Waals surface area contributed by atoms with E-state index in [1.165, 1.54) is 5.56 Å². The summed E-state index contributed by atoms with van der Waals surface area (Å²) in [5.41, 5.74) is 8.81. The molecule has 0 saturated carbocycles. The van der Waals surface area contributed by atoms with Gasteiger partial charge in [-0.15, -0.1) is 5.10 Å². The molecule has 0 unspecified atom stereocenters. The molecule has 30 heavy (non-hydrogen) atoms. The number of thioether (sulfide) groups is 1. The topological polar surface area (TPSA) is 86.3 Å². The van der Waals surface area contributed by atoms with Crippen LogP contribution in [0.3, 0.4) is 0 Å². The molecule has 2 N–H and O–H groups in total. The number of primary amides is 1. The molecule has 3 aromatic rings. The number of nitrogens with zero attached hydrogens (tertiary/aromatic N) is 4. The molecule has 1 saturated heterocycles. The van der Waals surface area contributed by atoms with E-state index in [1.54, 1.807) is 0 Å². The Hall–Kier alpha value is -2.74. The second-order valence-electron chi connectivity index (χ2n) is 7.88. The largest absolute Gasteiger partial charge is 0.490 e. The second-order valence-corrected chi connectivity index (χ2v) is 8.99. The Morgan fingerprint density at radius 1 is 1.23 bits per heavy atom. The second kappa shape index (κ2) is 8.18. The Morgan fingerprint density at radius 2 is 2.10 bits per heavy atom. The van der Waals surface area contributed by atoms with Crippen LogP contribution in [0.2, 0.25) is 0 Å². The van der Waals surface area contributed by atoms with Crippen LogP contribution < -0.4 is 15.4 Å². The van der Waals surface area contributed by atoms with Gasteiger partial charge < -0.3 is 19.9 Å². The zero-order valence-electron chi connectivity index (χ0n) is 16.8. The van der Waals surface area contributed by atoms with Crippen LogP contribution in [0.15, 0.2) is 36.5 Å². The first kappa shape index (κ1) is 19.2. The van der Waals surface area contributed by atoms with Gasteiger partial charge in [0.05, 0.1) is 11.2 Å². The van der Waals surface area contributed by atoms with Gasteiger partial charge in [0.15, 0.2) is 5.82 Å². The Balaban J connectivity index is 1.25. The monoisotopic (exact) mass is 423 g/mol. The van der Waals surface area contributed by atoms with Crippen molar-refractivity contribution in [3.05, 3.63) is 47.8 Å². The summed E-state index contributed by atoms with van der Waals surface area (Å²) in [4.78, 5) is 13.6. The zero-order chi connectivity index (χ0) is 20.5. The summed E-state index contributed by atoms with van der Waals surface area (Å²) in [5, 5.41) is 9.96. The molecule has 1 aromatic carbocycles. The molecule has 0 bridgehead atoms. The summed E-state index contributed by atoms with van der Waals surface area (Å²) in [6.45, 7) is 1.99. The van der Waals surface area contributed by atoms with E-state index >= 15 is 0 Å². The van der Waals surface area contributed by atoms with E-state index in [9.17, 15) is 4.79 Å². The van der Waals surface area contributed by atoms with Crippen LogP contribution in [0.25, 0.3) is 10.9 Å². The molecule has 2 aromatic heterocycles. The number of hydrogen-bond donors (Lipinski definition) is 1. The number of hydrogen-bond acceptors (Lipinski definition) is 6. The van der Waals surface area contributed by atoms with Gasteiger partial charge in [0.2, 0.25) is 5.91 Å². The van der Waals surface area contributed by atoms with E-state index in [2.05, 4.69) is 21.2 Å². The summed E-state index contributed by atoms with van der Waals surface area (Å²) >= 11 is 1.97. The number of piperidine rings is 1. The SMILES string of the molecule is NC(=O)Cn1ccc2c(OC3CCN(c4cc5c(nn4)CCSC5)CC3)cccc21. The van der Waals surface area contributed by atoms with E-state index in [0.717, 1.165) is 72.0 Å². The molecule has 4 heterocycles. The van der Waals surface area contributed by atoms with E-state index < -0.39 is 0 Å². The fourth-order valence-corrected chi connectivity index (χ4v) is 5.22. The number of aromatic nitrogens is 3. The summed E-state index contributed by atoms with van der Waals surface area (Å²) < 4.78 is 8.23. The first-order chi connectivity index (χ1) is 14.7. The lowest BCUT2D eigenvalue weighted by Gasteiger charge is -2.33. The van der Waals surface area contributed by atoms with Gasteiger partial charge in [-0.2, -0.15) is 16.9 Å². The van der Waals surface area contributed by atoms with Gasteiger partial charge >= 0.3 is 0 Å². The van der Waals surface area contributed by atoms with Crippen molar-refractivity contribution in [1.82, 2.24) is 14.8 Å². The van der Waals surface area contributed by atoms with E-state index in [1.807, 2.05) is 46.8 Å². The minimum atomic E-state index is -0.352. The van der Waals surface area contributed by atoms with Crippen molar-refractivity contribution in [2.75, 3.05) is 23.7 Å². The molecule has 156 valence electrons. The number of benzene rings is 1. The molecule has 0 radical (unpaired) electrons. The maximum atomic E-state index is 11.3. The van der Waals surface area contributed by atoms with Crippen LogP contribution in [0, 0.1) is 0 Å². The molecule has 2 aliphatic rings.